The Labute approximate surface area is 178 Å². The Balaban J connectivity index is 1.18. The zero-order valence-electron chi connectivity index (χ0n) is 17.9. The lowest BCUT2D eigenvalue weighted by Gasteiger charge is -2.35. The highest BCUT2D eigenvalue weighted by Gasteiger charge is 2.27. The molecule has 1 aromatic heterocycles. The van der Waals surface area contributed by atoms with Gasteiger partial charge in [-0.2, -0.15) is 4.37 Å². The van der Waals surface area contributed by atoms with Gasteiger partial charge in [0.25, 0.3) is 0 Å². The van der Waals surface area contributed by atoms with Crippen LogP contribution in [0, 0.1) is 5.41 Å². The molecule has 0 radical (unpaired) electrons. The van der Waals surface area contributed by atoms with Crippen molar-refractivity contribution in [2.45, 2.75) is 46.0 Å². The van der Waals surface area contributed by atoms with Gasteiger partial charge in [-0.25, -0.2) is 0 Å². The number of fused-ring (bicyclic) bond motifs is 1. The maximum Gasteiger partial charge on any atom is 0.222 e. The smallest absolute Gasteiger partial charge is 0.222 e. The number of aromatic nitrogens is 1. The summed E-state index contributed by atoms with van der Waals surface area (Å²) in [6.07, 6.45) is 5.17. The van der Waals surface area contributed by atoms with Crippen molar-refractivity contribution in [3.05, 3.63) is 24.3 Å². The number of amides is 1. The van der Waals surface area contributed by atoms with Gasteiger partial charge in [0, 0.05) is 51.1 Å². The monoisotopic (exact) mass is 414 g/mol. The van der Waals surface area contributed by atoms with Gasteiger partial charge in [0.2, 0.25) is 5.91 Å². The van der Waals surface area contributed by atoms with Gasteiger partial charge in [-0.1, -0.05) is 26.0 Å². The Morgan fingerprint density at radius 1 is 1.00 bits per heavy atom. The SMILES string of the molecule is CC1(C)CCC(=O)N(CCCCN2CCN(c3nsc4ccccc34)CC2)CC1. The minimum absolute atomic E-state index is 0.312. The molecule has 6 heteroatoms. The second kappa shape index (κ2) is 9.00. The van der Waals surface area contributed by atoms with Crippen LogP contribution >= 0.6 is 11.5 Å². The first-order valence-corrected chi connectivity index (χ1v) is 11.9. The molecule has 158 valence electrons. The molecule has 3 heterocycles. The third-order valence-corrected chi connectivity index (χ3v) is 7.43. The number of unbranched alkanes of at least 4 members (excludes halogenated alkanes) is 1. The van der Waals surface area contributed by atoms with E-state index < -0.39 is 0 Å². The number of nitrogens with zero attached hydrogens (tertiary/aromatic N) is 4. The number of carbonyl (C=O) groups excluding carboxylic acids is 1. The predicted octanol–water partition coefficient (Wildman–Crippen LogP) is 4.24. The molecule has 2 aromatic rings. The zero-order chi connectivity index (χ0) is 20.3. The van der Waals surface area contributed by atoms with E-state index >= 15 is 0 Å². The molecule has 0 unspecified atom stereocenters. The standard InChI is InChI=1S/C23H34N4OS/c1-23(2)10-9-21(28)26(14-11-23)13-6-5-12-25-15-17-27(18-16-25)22-19-7-3-4-8-20(19)29-24-22/h3-4,7-8H,5-6,9-18H2,1-2H3. The number of hydrogen-bond donors (Lipinski definition) is 0. The number of likely N-dealkylation sites (tertiary alicyclic amines) is 1. The first-order chi connectivity index (χ1) is 14.0. The van der Waals surface area contributed by atoms with Crippen molar-refractivity contribution in [1.29, 1.82) is 0 Å². The molecule has 2 fully saturated rings. The largest absolute Gasteiger partial charge is 0.353 e. The van der Waals surface area contributed by atoms with Crippen molar-refractivity contribution in [2.75, 3.05) is 50.7 Å². The van der Waals surface area contributed by atoms with Crippen LogP contribution in [0.2, 0.25) is 0 Å². The van der Waals surface area contributed by atoms with Crippen LogP contribution < -0.4 is 4.90 Å². The van der Waals surface area contributed by atoms with Crippen LogP contribution in [-0.2, 0) is 4.79 Å². The summed E-state index contributed by atoms with van der Waals surface area (Å²) < 4.78 is 5.98. The summed E-state index contributed by atoms with van der Waals surface area (Å²) in [6.45, 7) is 11.9. The summed E-state index contributed by atoms with van der Waals surface area (Å²) >= 11 is 1.60. The van der Waals surface area contributed by atoms with Crippen LogP contribution in [0.1, 0.15) is 46.0 Å². The van der Waals surface area contributed by atoms with Gasteiger partial charge in [0.05, 0.1) is 4.70 Å². The molecule has 0 aliphatic carbocycles. The molecule has 0 bridgehead atoms. The molecular weight excluding hydrogens is 380 g/mol. The van der Waals surface area contributed by atoms with Gasteiger partial charge in [-0.05, 0) is 61.3 Å². The van der Waals surface area contributed by atoms with Crippen molar-refractivity contribution < 1.29 is 4.79 Å². The summed E-state index contributed by atoms with van der Waals surface area (Å²) in [5, 5.41) is 1.29. The third-order valence-electron chi connectivity index (χ3n) is 6.61. The molecule has 2 aliphatic heterocycles. The van der Waals surface area contributed by atoms with Crippen molar-refractivity contribution >= 4 is 33.3 Å². The number of piperazine rings is 1. The highest BCUT2D eigenvalue weighted by molar-refractivity contribution is 7.13. The van der Waals surface area contributed by atoms with Gasteiger partial charge >= 0.3 is 0 Å². The number of benzene rings is 1. The summed E-state index contributed by atoms with van der Waals surface area (Å²) in [5.41, 5.74) is 0.312. The zero-order valence-corrected chi connectivity index (χ0v) is 18.7. The molecule has 29 heavy (non-hydrogen) atoms. The topological polar surface area (TPSA) is 39.7 Å². The molecule has 1 aromatic carbocycles. The molecule has 5 nitrogen and oxygen atoms in total. The van der Waals surface area contributed by atoms with E-state index in [-0.39, 0.29) is 0 Å². The van der Waals surface area contributed by atoms with Crippen molar-refractivity contribution in [1.82, 2.24) is 14.2 Å². The van der Waals surface area contributed by atoms with E-state index in [1.807, 2.05) is 0 Å². The summed E-state index contributed by atoms with van der Waals surface area (Å²) in [5.74, 6) is 1.52. The first-order valence-electron chi connectivity index (χ1n) is 11.1. The van der Waals surface area contributed by atoms with E-state index in [2.05, 4.69) is 52.8 Å². The fraction of sp³-hybridized carbons (Fsp3) is 0.652. The highest BCUT2D eigenvalue weighted by atomic mass is 32.1. The summed E-state index contributed by atoms with van der Waals surface area (Å²) in [4.78, 5) is 19.5. The second-order valence-corrected chi connectivity index (χ2v) is 10.1. The fourth-order valence-electron chi connectivity index (χ4n) is 4.45. The molecule has 4 rings (SSSR count). The van der Waals surface area contributed by atoms with Crippen molar-refractivity contribution in [2.24, 2.45) is 5.41 Å². The van der Waals surface area contributed by atoms with E-state index in [0.717, 1.165) is 77.3 Å². The van der Waals surface area contributed by atoms with E-state index in [4.69, 9.17) is 4.37 Å². The van der Waals surface area contributed by atoms with Crippen LogP contribution in [0.3, 0.4) is 0 Å². The maximum atomic E-state index is 12.3. The number of anilines is 1. The Morgan fingerprint density at radius 2 is 1.76 bits per heavy atom. The molecule has 1 amide bonds. The van der Waals surface area contributed by atoms with Crippen LogP contribution in [-0.4, -0.2) is 65.9 Å². The Kier molecular flexibility index (Phi) is 6.40. The number of rotatable bonds is 6. The van der Waals surface area contributed by atoms with Crippen LogP contribution in [0.25, 0.3) is 10.1 Å². The van der Waals surface area contributed by atoms with E-state index in [0.29, 0.717) is 11.3 Å². The Hall–Kier alpha value is -1.66. The fourth-order valence-corrected chi connectivity index (χ4v) is 5.24. The molecule has 0 N–H and O–H groups in total. The summed E-state index contributed by atoms with van der Waals surface area (Å²) in [6, 6.07) is 8.53. The van der Waals surface area contributed by atoms with Gasteiger partial charge in [-0.15, -0.1) is 0 Å². The lowest BCUT2D eigenvalue weighted by atomic mass is 9.85. The number of carbonyl (C=O) groups is 1. The lowest BCUT2D eigenvalue weighted by molar-refractivity contribution is -0.130. The van der Waals surface area contributed by atoms with E-state index in [1.54, 1.807) is 11.5 Å². The van der Waals surface area contributed by atoms with Gasteiger partial charge in [-0.3, -0.25) is 9.69 Å². The molecule has 2 aliphatic rings. The van der Waals surface area contributed by atoms with Crippen LogP contribution in [0.4, 0.5) is 5.82 Å². The minimum atomic E-state index is 0.312. The Morgan fingerprint density at radius 3 is 2.59 bits per heavy atom. The van der Waals surface area contributed by atoms with Crippen molar-refractivity contribution in [3.8, 4) is 0 Å². The first kappa shape index (κ1) is 20.6. The van der Waals surface area contributed by atoms with Crippen LogP contribution in [0.15, 0.2) is 24.3 Å². The van der Waals surface area contributed by atoms with E-state index in [9.17, 15) is 4.79 Å². The minimum Gasteiger partial charge on any atom is -0.353 e. The molecule has 0 spiro atoms. The molecule has 0 saturated carbocycles. The summed E-state index contributed by atoms with van der Waals surface area (Å²) in [7, 11) is 0. The Bertz CT molecular complexity index is 825. The maximum absolute atomic E-state index is 12.3. The lowest BCUT2D eigenvalue weighted by Crippen LogP contribution is -2.46. The average molecular weight is 415 g/mol. The quantitative estimate of drug-likeness (QED) is 0.663. The average Bonchev–Trinajstić information content (AvgIpc) is 3.10. The van der Waals surface area contributed by atoms with E-state index in [1.165, 1.54) is 16.5 Å². The number of hydrogen-bond acceptors (Lipinski definition) is 5. The third kappa shape index (κ3) is 5.10. The van der Waals surface area contributed by atoms with Gasteiger partial charge < -0.3 is 9.80 Å². The normalized spacial score (nSPS) is 21.0. The molecular formula is C23H34N4OS. The van der Waals surface area contributed by atoms with Gasteiger partial charge in [0.15, 0.2) is 0 Å². The van der Waals surface area contributed by atoms with Gasteiger partial charge in [0.1, 0.15) is 5.82 Å². The van der Waals surface area contributed by atoms with Crippen molar-refractivity contribution in [3.63, 3.8) is 0 Å². The highest BCUT2D eigenvalue weighted by Crippen LogP contribution is 2.31. The second-order valence-electron chi connectivity index (χ2n) is 9.33. The molecule has 2 saturated heterocycles. The molecule has 0 atom stereocenters. The predicted molar refractivity (Wildman–Crippen MR) is 122 cm³/mol. The van der Waals surface area contributed by atoms with Crippen LogP contribution in [0.5, 0.6) is 0 Å².